The highest BCUT2D eigenvalue weighted by Crippen LogP contribution is 2.26. The van der Waals surface area contributed by atoms with E-state index in [9.17, 15) is 22.8 Å². The van der Waals surface area contributed by atoms with E-state index in [0.29, 0.717) is 25.1 Å². The van der Waals surface area contributed by atoms with E-state index >= 15 is 0 Å². The summed E-state index contributed by atoms with van der Waals surface area (Å²) in [6, 6.07) is 15.6. The Morgan fingerprint density at radius 3 is 2.50 bits per heavy atom. The Kier molecular flexibility index (Phi) is 6.80. The van der Waals surface area contributed by atoms with Crippen LogP contribution in [0.25, 0.3) is 11.1 Å². The molecular formula is C23H25F3N2O2. The van der Waals surface area contributed by atoms with Crippen molar-refractivity contribution < 1.29 is 22.8 Å². The SMILES string of the molecule is Cc1cccc(-c2cccc(NC(=O)C3CCCN(C(=O)CCC(F)(F)F)C3)c2)c1. The fourth-order valence-electron chi connectivity index (χ4n) is 3.67. The second kappa shape index (κ2) is 9.32. The first-order valence-electron chi connectivity index (χ1n) is 10.0. The smallest absolute Gasteiger partial charge is 0.342 e. The Balaban J connectivity index is 1.62. The van der Waals surface area contributed by atoms with E-state index < -0.39 is 30.8 Å². The number of rotatable bonds is 5. The van der Waals surface area contributed by atoms with Crippen LogP contribution in [0.4, 0.5) is 18.9 Å². The molecule has 1 saturated heterocycles. The number of aryl methyl sites for hydroxylation is 1. The lowest BCUT2D eigenvalue weighted by Gasteiger charge is -2.32. The van der Waals surface area contributed by atoms with Gasteiger partial charge in [-0.3, -0.25) is 9.59 Å². The average molecular weight is 418 g/mol. The Labute approximate surface area is 174 Å². The molecule has 1 atom stereocenters. The minimum Gasteiger partial charge on any atom is -0.342 e. The molecular weight excluding hydrogens is 393 g/mol. The van der Waals surface area contributed by atoms with Gasteiger partial charge in [0.05, 0.1) is 12.3 Å². The largest absolute Gasteiger partial charge is 0.389 e. The number of carbonyl (C=O) groups excluding carboxylic acids is 2. The molecule has 1 heterocycles. The van der Waals surface area contributed by atoms with Gasteiger partial charge in [-0.1, -0.05) is 42.0 Å². The zero-order chi connectivity index (χ0) is 21.7. The number of nitrogens with zero attached hydrogens (tertiary/aromatic N) is 1. The Bertz CT molecular complexity index is 911. The molecule has 0 aromatic heterocycles. The lowest BCUT2D eigenvalue weighted by molar-refractivity contribution is -0.150. The molecule has 160 valence electrons. The topological polar surface area (TPSA) is 49.4 Å². The van der Waals surface area contributed by atoms with Gasteiger partial charge in [-0.05, 0) is 43.0 Å². The molecule has 2 amide bonds. The van der Waals surface area contributed by atoms with Crippen LogP contribution >= 0.6 is 0 Å². The number of halogens is 3. The summed E-state index contributed by atoms with van der Waals surface area (Å²) in [5.74, 6) is -1.20. The second-order valence-corrected chi connectivity index (χ2v) is 7.73. The number of benzene rings is 2. The maximum absolute atomic E-state index is 12.7. The maximum Gasteiger partial charge on any atom is 0.389 e. The van der Waals surface area contributed by atoms with Crippen LogP contribution in [0.2, 0.25) is 0 Å². The van der Waals surface area contributed by atoms with Gasteiger partial charge < -0.3 is 10.2 Å². The van der Waals surface area contributed by atoms with Crippen molar-refractivity contribution in [1.82, 2.24) is 4.90 Å². The van der Waals surface area contributed by atoms with Crippen molar-refractivity contribution in [1.29, 1.82) is 0 Å². The molecule has 4 nitrogen and oxygen atoms in total. The molecule has 2 aromatic rings. The van der Waals surface area contributed by atoms with Gasteiger partial charge in [0.15, 0.2) is 0 Å². The fourth-order valence-corrected chi connectivity index (χ4v) is 3.67. The van der Waals surface area contributed by atoms with Crippen LogP contribution in [-0.4, -0.2) is 36.0 Å². The average Bonchev–Trinajstić information content (AvgIpc) is 2.72. The molecule has 1 aliphatic rings. The third-order valence-corrected chi connectivity index (χ3v) is 5.25. The lowest BCUT2D eigenvalue weighted by Crippen LogP contribution is -2.44. The minimum absolute atomic E-state index is 0.153. The van der Waals surface area contributed by atoms with Gasteiger partial charge in [-0.2, -0.15) is 13.2 Å². The van der Waals surface area contributed by atoms with Crippen molar-refractivity contribution in [3.05, 3.63) is 54.1 Å². The van der Waals surface area contributed by atoms with Gasteiger partial charge >= 0.3 is 6.18 Å². The predicted octanol–water partition coefficient (Wildman–Crippen LogP) is 5.18. The Morgan fingerprint density at radius 2 is 1.80 bits per heavy atom. The van der Waals surface area contributed by atoms with Gasteiger partial charge in [0, 0.05) is 25.2 Å². The van der Waals surface area contributed by atoms with E-state index in [-0.39, 0.29) is 12.5 Å². The van der Waals surface area contributed by atoms with E-state index in [1.54, 1.807) is 6.07 Å². The van der Waals surface area contributed by atoms with Crippen LogP contribution in [0, 0.1) is 12.8 Å². The summed E-state index contributed by atoms with van der Waals surface area (Å²) in [5, 5.41) is 2.90. The number of amides is 2. The van der Waals surface area contributed by atoms with Crippen molar-refractivity contribution in [2.45, 2.75) is 38.8 Å². The monoisotopic (exact) mass is 418 g/mol. The zero-order valence-corrected chi connectivity index (χ0v) is 16.8. The number of hydrogen-bond donors (Lipinski definition) is 1. The number of piperidine rings is 1. The Morgan fingerprint density at radius 1 is 1.10 bits per heavy atom. The second-order valence-electron chi connectivity index (χ2n) is 7.73. The van der Waals surface area contributed by atoms with Crippen LogP contribution in [-0.2, 0) is 9.59 Å². The van der Waals surface area contributed by atoms with Crippen LogP contribution in [0.5, 0.6) is 0 Å². The minimum atomic E-state index is -4.36. The third kappa shape index (κ3) is 6.08. The first kappa shape index (κ1) is 21.9. The normalized spacial score (nSPS) is 16.9. The molecule has 1 aliphatic heterocycles. The molecule has 0 radical (unpaired) electrons. The molecule has 1 N–H and O–H groups in total. The van der Waals surface area contributed by atoms with E-state index in [2.05, 4.69) is 11.4 Å². The van der Waals surface area contributed by atoms with E-state index in [4.69, 9.17) is 0 Å². The number of nitrogens with one attached hydrogen (secondary N) is 1. The van der Waals surface area contributed by atoms with Crippen molar-refractivity contribution >= 4 is 17.5 Å². The van der Waals surface area contributed by atoms with Gasteiger partial charge in [-0.15, -0.1) is 0 Å². The molecule has 30 heavy (non-hydrogen) atoms. The zero-order valence-electron chi connectivity index (χ0n) is 16.8. The van der Waals surface area contributed by atoms with Crippen molar-refractivity contribution in [2.75, 3.05) is 18.4 Å². The first-order chi connectivity index (χ1) is 14.2. The molecule has 2 aromatic carbocycles. The molecule has 1 fully saturated rings. The first-order valence-corrected chi connectivity index (χ1v) is 10.0. The predicted molar refractivity (Wildman–Crippen MR) is 110 cm³/mol. The summed E-state index contributed by atoms with van der Waals surface area (Å²) in [6.07, 6.45) is -4.86. The fraction of sp³-hybridized carbons (Fsp3) is 0.391. The lowest BCUT2D eigenvalue weighted by atomic mass is 9.96. The van der Waals surface area contributed by atoms with E-state index in [1.807, 2.05) is 43.3 Å². The number of likely N-dealkylation sites (tertiary alicyclic amines) is 1. The maximum atomic E-state index is 12.7. The molecule has 1 unspecified atom stereocenters. The molecule has 0 spiro atoms. The standard InChI is InChI=1S/C23H25F3N2O2/c1-16-5-2-6-17(13-16)18-7-3-9-20(14-18)27-22(30)19-8-4-12-28(15-19)21(29)10-11-23(24,25)26/h2-3,5-7,9,13-14,19H,4,8,10-12,15H2,1H3,(H,27,30). The number of anilines is 1. The summed E-state index contributed by atoms with van der Waals surface area (Å²) < 4.78 is 37.1. The van der Waals surface area contributed by atoms with Crippen LogP contribution < -0.4 is 5.32 Å². The number of carbonyl (C=O) groups is 2. The molecule has 0 bridgehead atoms. The van der Waals surface area contributed by atoms with Gasteiger partial charge in [-0.25, -0.2) is 0 Å². The molecule has 0 saturated carbocycles. The number of hydrogen-bond acceptors (Lipinski definition) is 2. The molecule has 0 aliphatic carbocycles. The van der Waals surface area contributed by atoms with Gasteiger partial charge in [0.25, 0.3) is 0 Å². The summed E-state index contributed by atoms with van der Waals surface area (Å²) >= 11 is 0. The van der Waals surface area contributed by atoms with Crippen LogP contribution in [0.1, 0.15) is 31.2 Å². The summed E-state index contributed by atoms with van der Waals surface area (Å²) in [6.45, 7) is 2.56. The summed E-state index contributed by atoms with van der Waals surface area (Å²) in [5.41, 5.74) is 3.81. The van der Waals surface area contributed by atoms with Gasteiger partial charge in [0.2, 0.25) is 11.8 Å². The molecule has 7 heteroatoms. The summed E-state index contributed by atoms with van der Waals surface area (Å²) in [7, 11) is 0. The van der Waals surface area contributed by atoms with E-state index in [0.717, 1.165) is 16.7 Å². The quantitative estimate of drug-likeness (QED) is 0.727. The highest BCUT2D eigenvalue weighted by Gasteiger charge is 2.32. The van der Waals surface area contributed by atoms with Crippen LogP contribution in [0.3, 0.4) is 0 Å². The van der Waals surface area contributed by atoms with Crippen molar-refractivity contribution in [3.63, 3.8) is 0 Å². The summed E-state index contributed by atoms with van der Waals surface area (Å²) in [4.78, 5) is 26.2. The van der Waals surface area contributed by atoms with Crippen molar-refractivity contribution in [3.8, 4) is 11.1 Å². The third-order valence-electron chi connectivity index (χ3n) is 5.25. The Hall–Kier alpha value is -2.83. The van der Waals surface area contributed by atoms with Crippen molar-refractivity contribution in [2.24, 2.45) is 5.92 Å². The number of alkyl halides is 3. The highest BCUT2D eigenvalue weighted by molar-refractivity contribution is 5.93. The molecule has 3 rings (SSSR count). The highest BCUT2D eigenvalue weighted by atomic mass is 19.4. The van der Waals surface area contributed by atoms with Gasteiger partial charge in [0.1, 0.15) is 0 Å². The van der Waals surface area contributed by atoms with Crippen LogP contribution in [0.15, 0.2) is 48.5 Å². The van der Waals surface area contributed by atoms with E-state index in [1.165, 1.54) is 4.90 Å².